The molecule has 0 atom stereocenters. The summed E-state index contributed by atoms with van der Waals surface area (Å²) >= 11 is 0. The molecule has 15 heavy (non-hydrogen) atoms. The Kier molecular flexibility index (Phi) is 5.31. The molecule has 4 nitrogen and oxygen atoms in total. The predicted molar refractivity (Wildman–Crippen MR) is 60.2 cm³/mol. The zero-order valence-electron chi connectivity index (χ0n) is 10.4. The van der Waals surface area contributed by atoms with E-state index in [2.05, 4.69) is 4.90 Å². The van der Waals surface area contributed by atoms with Crippen molar-refractivity contribution in [2.75, 3.05) is 34.2 Å². The van der Waals surface area contributed by atoms with Crippen LogP contribution in [-0.2, 0) is 4.79 Å². The Hall–Kier alpha value is -1.08. The zero-order chi connectivity index (χ0) is 12.1. The van der Waals surface area contributed by atoms with Crippen molar-refractivity contribution in [3.05, 3.63) is 0 Å². The molecular weight excluding hydrogens is 190 g/mol. The highest BCUT2D eigenvalue weighted by atomic mass is 16.2. The molecule has 0 spiro atoms. The fraction of sp³-hybridized carbons (Fsp3) is 0.818. The number of carbonyl (C=O) groups is 1. The molecule has 0 N–H and O–H groups in total. The molecule has 86 valence electrons. The van der Waals surface area contributed by atoms with Crippen LogP contribution in [0.25, 0.3) is 0 Å². The summed E-state index contributed by atoms with van der Waals surface area (Å²) in [6, 6.07) is 2.02. The monoisotopic (exact) mass is 211 g/mol. The summed E-state index contributed by atoms with van der Waals surface area (Å²) in [5.41, 5.74) is -0.910. The van der Waals surface area contributed by atoms with Crippen LogP contribution in [-0.4, -0.2) is 49.9 Å². The SMILES string of the molecule is CN(C)CCCN(C)C(=O)C(C)(C)C#N. The van der Waals surface area contributed by atoms with Crippen molar-refractivity contribution in [3.63, 3.8) is 0 Å². The minimum Gasteiger partial charge on any atom is -0.344 e. The van der Waals surface area contributed by atoms with Crippen molar-refractivity contribution >= 4 is 5.91 Å². The summed E-state index contributed by atoms with van der Waals surface area (Å²) in [6.45, 7) is 4.95. The number of nitriles is 1. The van der Waals surface area contributed by atoms with Crippen LogP contribution >= 0.6 is 0 Å². The van der Waals surface area contributed by atoms with Crippen LogP contribution in [0.1, 0.15) is 20.3 Å². The van der Waals surface area contributed by atoms with Crippen molar-refractivity contribution < 1.29 is 4.79 Å². The highest BCUT2D eigenvalue weighted by Crippen LogP contribution is 2.16. The fourth-order valence-corrected chi connectivity index (χ4v) is 1.25. The second kappa shape index (κ2) is 5.72. The molecule has 0 unspecified atom stereocenters. The van der Waals surface area contributed by atoms with Gasteiger partial charge in [-0.15, -0.1) is 0 Å². The second-order valence-electron chi connectivity index (χ2n) is 4.62. The molecule has 0 rings (SSSR count). The smallest absolute Gasteiger partial charge is 0.242 e. The first kappa shape index (κ1) is 13.9. The van der Waals surface area contributed by atoms with Gasteiger partial charge in [0.25, 0.3) is 0 Å². The van der Waals surface area contributed by atoms with Gasteiger partial charge < -0.3 is 9.80 Å². The zero-order valence-corrected chi connectivity index (χ0v) is 10.4. The third-order valence-electron chi connectivity index (χ3n) is 2.26. The first-order valence-electron chi connectivity index (χ1n) is 5.13. The van der Waals surface area contributed by atoms with E-state index >= 15 is 0 Å². The first-order chi connectivity index (χ1) is 6.81. The van der Waals surface area contributed by atoms with Gasteiger partial charge in [-0.3, -0.25) is 4.79 Å². The number of carbonyl (C=O) groups excluding carboxylic acids is 1. The molecule has 0 saturated heterocycles. The summed E-state index contributed by atoms with van der Waals surface area (Å²) in [6.07, 6.45) is 0.927. The molecule has 0 aromatic heterocycles. The normalized spacial score (nSPS) is 11.3. The summed E-state index contributed by atoms with van der Waals surface area (Å²) in [7, 11) is 5.75. The lowest BCUT2D eigenvalue weighted by molar-refractivity contribution is -0.136. The van der Waals surface area contributed by atoms with Crippen molar-refractivity contribution in [3.8, 4) is 6.07 Å². The van der Waals surface area contributed by atoms with Crippen LogP contribution in [0.2, 0.25) is 0 Å². The molecule has 4 heteroatoms. The van der Waals surface area contributed by atoms with Crippen molar-refractivity contribution in [1.82, 2.24) is 9.80 Å². The Morgan fingerprint density at radius 1 is 1.27 bits per heavy atom. The molecule has 0 aliphatic carbocycles. The highest BCUT2D eigenvalue weighted by Gasteiger charge is 2.29. The minimum atomic E-state index is -0.910. The number of amides is 1. The van der Waals surface area contributed by atoms with E-state index in [0.29, 0.717) is 6.54 Å². The standard InChI is InChI=1S/C11H21N3O/c1-11(2,9-12)10(15)14(5)8-6-7-13(3)4/h6-8H2,1-5H3. The third kappa shape index (κ3) is 4.80. The maximum absolute atomic E-state index is 11.8. The Labute approximate surface area is 92.5 Å². The number of rotatable bonds is 5. The van der Waals surface area contributed by atoms with Gasteiger partial charge in [-0.05, 0) is 40.9 Å². The Bertz CT molecular complexity index is 253. The van der Waals surface area contributed by atoms with E-state index in [9.17, 15) is 4.79 Å². The topological polar surface area (TPSA) is 47.3 Å². The number of hydrogen-bond donors (Lipinski definition) is 0. The molecule has 0 bridgehead atoms. The van der Waals surface area contributed by atoms with Gasteiger partial charge >= 0.3 is 0 Å². The molecule has 0 aromatic carbocycles. The van der Waals surface area contributed by atoms with Crippen LogP contribution in [0, 0.1) is 16.7 Å². The number of hydrogen-bond acceptors (Lipinski definition) is 3. The van der Waals surface area contributed by atoms with E-state index in [1.54, 1.807) is 25.8 Å². The van der Waals surface area contributed by atoms with Gasteiger partial charge in [-0.25, -0.2) is 0 Å². The predicted octanol–water partition coefficient (Wildman–Crippen LogP) is 0.946. The van der Waals surface area contributed by atoms with E-state index in [-0.39, 0.29) is 5.91 Å². The fourth-order valence-electron chi connectivity index (χ4n) is 1.25. The van der Waals surface area contributed by atoms with Crippen molar-refractivity contribution in [2.24, 2.45) is 5.41 Å². The van der Waals surface area contributed by atoms with Gasteiger partial charge in [-0.1, -0.05) is 0 Å². The van der Waals surface area contributed by atoms with E-state index in [0.717, 1.165) is 13.0 Å². The Balaban J connectivity index is 4.07. The number of nitrogens with zero attached hydrogens (tertiary/aromatic N) is 3. The molecule has 0 saturated carbocycles. The van der Waals surface area contributed by atoms with Gasteiger partial charge in [0.05, 0.1) is 6.07 Å². The second-order valence-corrected chi connectivity index (χ2v) is 4.62. The molecule has 0 aliphatic heterocycles. The summed E-state index contributed by atoms with van der Waals surface area (Å²) < 4.78 is 0. The van der Waals surface area contributed by atoms with E-state index in [1.807, 2.05) is 20.2 Å². The van der Waals surface area contributed by atoms with Gasteiger partial charge in [0.15, 0.2) is 0 Å². The van der Waals surface area contributed by atoms with Gasteiger partial charge in [0, 0.05) is 13.6 Å². The lowest BCUT2D eigenvalue weighted by Crippen LogP contribution is -2.38. The maximum Gasteiger partial charge on any atom is 0.242 e. The molecule has 0 heterocycles. The molecular formula is C11H21N3O. The Morgan fingerprint density at radius 3 is 2.20 bits per heavy atom. The summed E-state index contributed by atoms with van der Waals surface area (Å²) in [4.78, 5) is 15.5. The van der Waals surface area contributed by atoms with Crippen LogP contribution in [0.5, 0.6) is 0 Å². The average Bonchev–Trinajstić information content (AvgIpc) is 2.15. The van der Waals surface area contributed by atoms with E-state index < -0.39 is 5.41 Å². The lowest BCUT2D eigenvalue weighted by atomic mass is 9.94. The third-order valence-corrected chi connectivity index (χ3v) is 2.26. The minimum absolute atomic E-state index is 0.108. The molecule has 1 amide bonds. The van der Waals surface area contributed by atoms with E-state index in [4.69, 9.17) is 5.26 Å². The van der Waals surface area contributed by atoms with Gasteiger partial charge in [0.1, 0.15) is 5.41 Å². The molecule has 0 fully saturated rings. The van der Waals surface area contributed by atoms with Gasteiger partial charge in [-0.2, -0.15) is 5.26 Å². The Morgan fingerprint density at radius 2 is 1.80 bits per heavy atom. The molecule has 0 aliphatic rings. The maximum atomic E-state index is 11.8. The van der Waals surface area contributed by atoms with E-state index in [1.165, 1.54) is 0 Å². The average molecular weight is 211 g/mol. The van der Waals surface area contributed by atoms with Gasteiger partial charge in [0.2, 0.25) is 5.91 Å². The quantitative estimate of drug-likeness (QED) is 0.680. The molecule has 0 radical (unpaired) electrons. The lowest BCUT2D eigenvalue weighted by Gasteiger charge is -2.24. The highest BCUT2D eigenvalue weighted by molar-refractivity contribution is 5.84. The van der Waals surface area contributed by atoms with Crippen molar-refractivity contribution in [1.29, 1.82) is 5.26 Å². The van der Waals surface area contributed by atoms with Crippen molar-refractivity contribution in [2.45, 2.75) is 20.3 Å². The summed E-state index contributed by atoms with van der Waals surface area (Å²) in [5, 5.41) is 8.82. The van der Waals surface area contributed by atoms with Crippen LogP contribution in [0.4, 0.5) is 0 Å². The summed E-state index contributed by atoms with van der Waals surface area (Å²) in [5.74, 6) is -0.108. The van der Waals surface area contributed by atoms with Crippen LogP contribution in [0.3, 0.4) is 0 Å². The van der Waals surface area contributed by atoms with Crippen LogP contribution in [0.15, 0.2) is 0 Å². The van der Waals surface area contributed by atoms with Crippen LogP contribution < -0.4 is 0 Å². The first-order valence-corrected chi connectivity index (χ1v) is 5.13. The largest absolute Gasteiger partial charge is 0.344 e. The molecule has 0 aromatic rings.